The molecule has 0 amide bonds. The third-order valence-corrected chi connectivity index (χ3v) is 2.10. The first-order valence-corrected chi connectivity index (χ1v) is 4.37. The van der Waals surface area contributed by atoms with Crippen molar-refractivity contribution in [2.24, 2.45) is 5.11 Å². The van der Waals surface area contributed by atoms with Crippen molar-refractivity contribution in [1.82, 2.24) is 0 Å². The van der Waals surface area contributed by atoms with Crippen LogP contribution in [-0.2, 0) is 4.74 Å². The molecule has 0 aliphatic carbocycles. The number of nitrogens with zero attached hydrogens (tertiary/aromatic N) is 3. The van der Waals surface area contributed by atoms with Gasteiger partial charge in [0.05, 0.1) is 12.7 Å². The van der Waals surface area contributed by atoms with Gasteiger partial charge in [-0.1, -0.05) is 5.11 Å². The zero-order valence-electron chi connectivity index (χ0n) is 8.80. The molecule has 6 heteroatoms. The van der Waals surface area contributed by atoms with E-state index in [0.29, 0.717) is 11.8 Å². The third-order valence-electron chi connectivity index (χ3n) is 2.10. The number of benzene rings is 1. The summed E-state index contributed by atoms with van der Waals surface area (Å²) in [6, 6.07) is 2.80. The zero-order valence-corrected chi connectivity index (χ0v) is 8.80. The molecule has 1 aromatic rings. The second-order valence-corrected chi connectivity index (χ2v) is 3.01. The van der Waals surface area contributed by atoms with Crippen molar-refractivity contribution in [3.63, 3.8) is 0 Å². The molecule has 1 aromatic carbocycles. The second kappa shape index (κ2) is 4.95. The predicted octanol–water partition coefficient (Wildman–Crippen LogP) is 2.54. The molecule has 0 N–H and O–H groups in total. The maximum Gasteiger partial charge on any atom is 0.338 e. The number of ether oxygens (including phenoxy) is 1. The maximum absolute atomic E-state index is 11.4. The van der Waals surface area contributed by atoms with Crippen LogP contribution in [-0.4, -0.2) is 19.4 Å². The molecule has 0 heterocycles. The average molecular weight is 219 g/mol. The van der Waals surface area contributed by atoms with E-state index in [1.807, 2.05) is 0 Å². The quantitative estimate of drug-likeness (QED) is 0.257. The first kappa shape index (κ1) is 11.7. The monoisotopic (exact) mass is 219 g/mol. The lowest BCUT2D eigenvalue weighted by atomic mass is 10.0. The van der Waals surface area contributed by atoms with E-state index in [1.54, 1.807) is 6.92 Å². The summed E-state index contributed by atoms with van der Waals surface area (Å²) in [7, 11) is 1.24. The predicted molar refractivity (Wildman–Crippen MR) is 56.7 cm³/mol. The Morgan fingerprint density at radius 3 is 2.75 bits per heavy atom. The maximum atomic E-state index is 11.4. The molecule has 0 aromatic heterocycles. The largest absolute Gasteiger partial charge is 0.465 e. The Balaban J connectivity index is 3.48. The number of carbonyl (C=O) groups is 2. The fourth-order valence-corrected chi connectivity index (χ4v) is 1.26. The molecule has 0 unspecified atom stereocenters. The van der Waals surface area contributed by atoms with Crippen molar-refractivity contribution in [2.75, 3.05) is 7.11 Å². The highest BCUT2D eigenvalue weighted by Gasteiger charge is 2.13. The van der Waals surface area contributed by atoms with Gasteiger partial charge in [0.2, 0.25) is 0 Å². The van der Waals surface area contributed by atoms with Crippen LogP contribution in [0.4, 0.5) is 5.69 Å². The van der Waals surface area contributed by atoms with Crippen molar-refractivity contribution >= 4 is 17.9 Å². The lowest BCUT2D eigenvalue weighted by Gasteiger charge is -2.07. The molecule has 0 radical (unpaired) electrons. The average Bonchev–Trinajstić information content (AvgIpc) is 2.31. The van der Waals surface area contributed by atoms with Gasteiger partial charge < -0.3 is 4.74 Å². The minimum absolute atomic E-state index is 0.217. The topological polar surface area (TPSA) is 92.1 Å². The molecule has 0 saturated heterocycles. The van der Waals surface area contributed by atoms with Crippen LogP contribution in [0, 0.1) is 6.92 Å². The molecular weight excluding hydrogens is 210 g/mol. The van der Waals surface area contributed by atoms with Gasteiger partial charge in [-0.2, -0.15) is 0 Å². The van der Waals surface area contributed by atoms with E-state index in [9.17, 15) is 9.59 Å². The molecule has 6 nitrogen and oxygen atoms in total. The van der Waals surface area contributed by atoms with Crippen LogP contribution in [0.5, 0.6) is 0 Å². The molecule has 82 valence electrons. The van der Waals surface area contributed by atoms with Crippen LogP contribution < -0.4 is 0 Å². The molecule has 0 saturated carbocycles. The van der Waals surface area contributed by atoms with E-state index in [0.717, 1.165) is 0 Å². The normalized spacial score (nSPS) is 9.12. The van der Waals surface area contributed by atoms with E-state index in [4.69, 9.17) is 5.53 Å². The van der Waals surface area contributed by atoms with Crippen LogP contribution in [0.2, 0.25) is 0 Å². The summed E-state index contributed by atoms with van der Waals surface area (Å²) < 4.78 is 4.56. The lowest BCUT2D eigenvalue weighted by molar-refractivity contribution is 0.0600. The lowest BCUT2D eigenvalue weighted by Crippen LogP contribution is -2.04. The molecule has 0 atom stereocenters. The van der Waals surface area contributed by atoms with Crippen LogP contribution >= 0.6 is 0 Å². The molecule has 0 aliphatic rings. The van der Waals surface area contributed by atoms with Gasteiger partial charge in [0, 0.05) is 16.2 Å². The van der Waals surface area contributed by atoms with Gasteiger partial charge in [-0.15, -0.1) is 0 Å². The standard InChI is InChI=1S/C10H9N3O3/c1-6-8(10(15)16-2)3-7(5-14)4-9(6)12-13-11/h3-5H,1-2H3. The smallest absolute Gasteiger partial charge is 0.338 e. The number of hydrogen-bond acceptors (Lipinski definition) is 4. The van der Waals surface area contributed by atoms with Crippen molar-refractivity contribution in [1.29, 1.82) is 0 Å². The summed E-state index contributed by atoms with van der Waals surface area (Å²) in [4.78, 5) is 24.7. The van der Waals surface area contributed by atoms with Gasteiger partial charge in [0.15, 0.2) is 0 Å². The number of azide groups is 1. The molecule has 0 bridgehead atoms. The molecule has 1 rings (SSSR count). The van der Waals surface area contributed by atoms with Gasteiger partial charge >= 0.3 is 5.97 Å². The van der Waals surface area contributed by atoms with E-state index in [2.05, 4.69) is 14.8 Å². The summed E-state index contributed by atoms with van der Waals surface area (Å²) in [5.74, 6) is -0.574. The van der Waals surface area contributed by atoms with Crippen LogP contribution in [0.15, 0.2) is 17.2 Å². The molecule has 0 spiro atoms. The van der Waals surface area contributed by atoms with Crippen LogP contribution in [0.3, 0.4) is 0 Å². The Hall–Kier alpha value is -2.33. The van der Waals surface area contributed by atoms with Crippen LogP contribution in [0.25, 0.3) is 10.4 Å². The minimum atomic E-state index is -0.574. The molecule has 0 fully saturated rings. The van der Waals surface area contributed by atoms with Crippen LogP contribution in [0.1, 0.15) is 26.3 Å². The first-order chi connectivity index (χ1) is 7.63. The Morgan fingerprint density at radius 2 is 2.25 bits per heavy atom. The molecule has 16 heavy (non-hydrogen) atoms. The first-order valence-electron chi connectivity index (χ1n) is 4.37. The zero-order chi connectivity index (χ0) is 12.1. The highest BCUT2D eigenvalue weighted by atomic mass is 16.5. The summed E-state index contributed by atoms with van der Waals surface area (Å²) in [6.45, 7) is 1.62. The highest BCUT2D eigenvalue weighted by Crippen LogP contribution is 2.24. The molecule has 0 aliphatic heterocycles. The van der Waals surface area contributed by atoms with Crippen molar-refractivity contribution < 1.29 is 14.3 Å². The summed E-state index contributed by atoms with van der Waals surface area (Å²) in [5, 5.41) is 3.41. The summed E-state index contributed by atoms with van der Waals surface area (Å²) >= 11 is 0. The highest BCUT2D eigenvalue weighted by molar-refractivity contribution is 5.95. The van der Waals surface area contributed by atoms with E-state index in [-0.39, 0.29) is 16.8 Å². The second-order valence-electron chi connectivity index (χ2n) is 3.01. The van der Waals surface area contributed by atoms with Gasteiger partial charge in [-0.25, -0.2) is 4.79 Å². The summed E-state index contributed by atoms with van der Waals surface area (Å²) in [5.41, 5.74) is 9.55. The SMILES string of the molecule is COC(=O)c1cc(C=O)cc(N=[N+]=[N-])c1C. The van der Waals surface area contributed by atoms with Crippen molar-refractivity contribution in [3.05, 3.63) is 39.3 Å². The number of rotatable bonds is 3. The Bertz CT molecular complexity index is 490. The molecular formula is C10H9N3O3. The van der Waals surface area contributed by atoms with E-state index < -0.39 is 5.97 Å². The van der Waals surface area contributed by atoms with Gasteiger partial charge in [0.1, 0.15) is 6.29 Å². The Morgan fingerprint density at radius 1 is 1.56 bits per heavy atom. The van der Waals surface area contributed by atoms with E-state index >= 15 is 0 Å². The Labute approximate surface area is 91.5 Å². The number of carbonyl (C=O) groups excluding carboxylic acids is 2. The van der Waals surface area contributed by atoms with Crippen molar-refractivity contribution in [3.8, 4) is 0 Å². The third kappa shape index (κ3) is 2.18. The number of hydrogen-bond donors (Lipinski definition) is 0. The number of esters is 1. The summed E-state index contributed by atoms with van der Waals surface area (Å²) in [6.07, 6.45) is 0.572. The Kier molecular flexibility index (Phi) is 3.63. The number of aldehydes is 1. The van der Waals surface area contributed by atoms with Gasteiger partial charge in [0.25, 0.3) is 0 Å². The van der Waals surface area contributed by atoms with Crippen molar-refractivity contribution in [2.45, 2.75) is 6.92 Å². The number of methoxy groups -OCH3 is 1. The van der Waals surface area contributed by atoms with E-state index in [1.165, 1.54) is 19.2 Å². The van der Waals surface area contributed by atoms with Gasteiger partial charge in [-0.05, 0) is 30.2 Å². The fraction of sp³-hybridized carbons (Fsp3) is 0.200. The minimum Gasteiger partial charge on any atom is -0.465 e. The fourth-order valence-electron chi connectivity index (χ4n) is 1.26. The van der Waals surface area contributed by atoms with Gasteiger partial charge in [-0.3, -0.25) is 4.79 Å².